The van der Waals surface area contributed by atoms with Gasteiger partial charge in [-0.05, 0) is 68.8 Å². The highest BCUT2D eigenvalue weighted by Crippen LogP contribution is 2.60. The van der Waals surface area contributed by atoms with Crippen LogP contribution in [0.4, 0.5) is 0 Å². The average molecular weight is 277 g/mol. The lowest BCUT2D eigenvalue weighted by atomic mass is 9.48. The predicted molar refractivity (Wildman–Crippen MR) is 78.3 cm³/mol. The van der Waals surface area contributed by atoms with Crippen LogP contribution in [0.1, 0.15) is 60.9 Å². The van der Waals surface area contributed by atoms with E-state index in [0.717, 1.165) is 29.0 Å². The molecule has 3 heteroatoms. The minimum absolute atomic E-state index is 0.124. The second kappa shape index (κ2) is 4.31. The van der Waals surface area contributed by atoms with E-state index < -0.39 is 0 Å². The molecule has 0 radical (unpaired) electrons. The summed E-state index contributed by atoms with van der Waals surface area (Å²) >= 11 is 0. The standard InChI is InChI=1S/C18H19N3/c1-11-15(8-19)10-21-17(16(11)9-20)18-5-12-2-13(6-18)4-14(3-12)7-18/h10,12-14H,2-7H2,1H3. The Kier molecular flexibility index (Phi) is 2.64. The van der Waals surface area contributed by atoms with Crippen molar-refractivity contribution in [3.63, 3.8) is 0 Å². The summed E-state index contributed by atoms with van der Waals surface area (Å²) in [5.74, 6) is 2.50. The van der Waals surface area contributed by atoms with Crippen LogP contribution >= 0.6 is 0 Å². The van der Waals surface area contributed by atoms with Crippen molar-refractivity contribution in [3.05, 3.63) is 28.6 Å². The molecule has 4 fully saturated rings. The van der Waals surface area contributed by atoms with E-state index in [9.17, 15) is 5.26 Å². The van der Waals surface area contributed by atoms with Gasteiger partial charge in [-0.15, -0.1) is 0 Å². The number of pyridine rings is 1. The maximum absolute atomic E-state index is 9.62. The Morgan fingerprint density at radius 2 is 1.62 bits per heavy atom. The normalized spacial score (nSPS) is 36.2. The van der Waals surface area contributed by atoms with Crippen LogP contribution in [0, 0.1) is 47.3 Å². The van der Waals surface area contributed by atoms with Gasteiger partial charge in [0.25, 0.3) is 0 Å². The molecule has 0 spiro atoms. The number of aromatic nitrogens is 1. The molecular formula is C18H19N3. The topological polar surface area (TPSA) is 60.5 Å². The molecule has 0 amide bonds. The van der Waals surface area contributed by atoms with E-state index in [2.05, 4.69) is 17.1 Å². The summed E-state index contributed by atoms with van der Waals surface area (Å²) in [6, 6.07) is 4.51. The summed E-state index contributed by atoms with van der Waals surface area (Å²) in [6.07, 6.45) is 9.44. The average Bonchev–Trinajstić information content (AvgIpc) is 2.45. The van der Waals surface area contributed by atoms with E-state index in [1.165, 1.54) is 38.5 Å². The third kappa shape index (κ3) is 1.74. The zero-order valence-electron chi connectivity index (χ0n) is 12.4. The number of rotatable bonds is 1. The van der Waals surface area contributed by atoms with E-state index in [1.54, 1.807) is 6.20 Å². The molecule has 1 heterocycles. The fraction of sp³-hybridized carbons (Fsp3) is 0.611. The van der Waals surface area contributed by atoms with Gasteiger partial charge in [-0.25, -0.2) is 0 Å². The van der Waals surface area contributed by atoms with Gasteiger partial charge in [0, 0.05) is 11.6 Å². The number of hydrogen-bond acceptors (Lipinski definition) is 3. The van der Waals surface area contributed by atoms with Crippen LogP contribution in [-0.4, -0.2) is 4.98 Å². The summed E-state index contributed by atoms with van der Waals surface area (Å²) in [7, 11) is 0. The summed E-state index contributed by atoms with van der Waals surface area (Å²) in [6.45, 7) is 1.89. The van der Waals surface area contributed by atoms with Crippen LogP contribution < -0.4 is 0 Å². The van der Waals surface area contributed by atoms with Crippen molar-refractivity contribution >= 4 is 0 Å². The number of nitriles is 2. The first-order valence-corrected chi connectivity index (χ1v) is 7.95. The van der Waals surface area contributed by atoms with Crippen LogP contribution in [0.2, 0.25) is 0 Å². The molecule has 5 rings (SSSR count). The Hall–Kier alpha value is -1.87. The highest BCUT2D eigenvalue weighted by atomic mass is 14.7. The monoisotopic (exact) mass is 277 g/mol. The van der Waals surface area contributed by atoms with Crippen molar-refractivity contribution in [2.24, 2.45) is 17.8 Å². The minimum atomic E-state index is 0.124. The van der Waals surface area contributed by atoms with Crippen LogP contribution in [0.15, 0.2) is 6.20 Å². The van der Waals surface area contributed by atoms with Crippen molar-refractivity contribution in [1.29, 1.82) is 10.5 Å². The highest BCUT2D eigenvalue weighted by molar-refractivity contribution is 5.51. The molecule has 1 aromatic rings. The van der Waals surface area contributed by atoms with Gasteiger partial charge >= 0.3 is 0 Å². The van der Waals surface area contributed by atoms with Crippen LogP contribution in [0.5, 0.6) is 0 Å². The van der Waals surface area contributed by atoms with Gasteiger partial charge in [0.2, 0.25) is 0 Å². The summed E-state index contributed by atoms with van der Waals surface area (Å²) in [5, 5.41) is 18.8. The Balaban J connectivity index is 1.86. The lowest BCUT2D eigenvalue weighted by molar-refractivity contribution is -0.00736. The van der Waals surface area contributed by atoms with E-state index in [1.807, 2.05) is 6.92 Å². The molecule has 21 heavy (non-hydrogen) atoms. The smallest absolute Gasteiger partial charge is 0.101 e. The fourth-order valence-corrected chi connectivity index (χ4v) is 5.66. The van der Waals surface area contributed by atoms with Crippen molar-refractivity contribution < 1.29 is 0 Å². The van der Waals surface area contributed by atoms with E-state index in [-0.39, 0.29) is 5.41 Å². The maximum Gasteiger partial charge on any atom is 0.101 e. The Morgan fingerprint density at radius 3 is 2.10 bits per heavy atom. The van der Waals surface area contributed by atoms with Crippen LogP contribution in [0.25, 0.3) is 0 Å². The maximum atomic E-state index is 9.62. The molecule has 0 atom stereocenters. The van der Waals surface area contributed by atoms with Crippen LogP contribution in [0.3, 0.4) is 0 Å². The van der Waals surface area contributed by atoms with Gasteiger partial charge in [0.1, 0.15) is 12.1 Å². The molecule has 106 valence electrons. The van der Waals surface area contributed by atoms with Crippen molar-refractivity contribution in [1.82, 2.24) is 4.98 Å². The van der Waals surface area contributed by atoms with E-state index in [4.69, 9.17) is 5.26 Å². The zero-order chi connectivity index (χ0) is 14.6. The van der Waals surface area contributed by atoms with Crippen molar-refractivity contribution in [2.75, 3.05) is 0 Å². The highest BCUT2D eigenvalue weighted by Gasteiger charge is 2.53. The first kappa shape index (κ1) is 12.8. The summed E-state index contributed by atoms with van der Waals surface area (Å²) < 4.78 is 0. The molecule has 0 unspecified atom stereocenters. The number of nitrogens with zero attached hydrogens (tertiary/aromatic N) is 3. The molecule has 0 aliphatic heterocycles. The lowest BCUT2D eigenvalue weighted by Gasteiger charge is -2.56. The molecule has 1 aromatic heterocycles. The summed E-state index contributed by atoms with van der Waals surface area (Å²) in [5.41, 5.74) is 3.16. The zero-order valence-corrected chi connectivity index (χ0v) is 12.4. The fourth-order valence-electron chi connectivity index (χ4n) is 5.66. The summed E-state index contributed by atoms with van der Waals surface area (Å²) in [4.78, 5) is 4.63. The van der Waals surface area contributed by atoms with Crippen molar-refractivity contribution in [2.45, 2.75) is 50.9 Å². The molecule has 4 aliphatic rings. The Bertz CT molecular complexity index is 654. The van der Waals surface area contributed by atoms with E-state index >= 15 is 0 Å². The number of hydrogen-bond donors (Lipinski definition) is 0. The molecule has 4 aliphatic carbocycles. The molecule has 3 nitrogen and oxygen atoms in total. The molecule has 0 saturated heterocycles. The van der Waals surface area contributed by atoms with Crippen molar-refractivity contribution in [3.8, 4) is 12.1 Å². The van der Waals surface area contributed by atoms with Gasteiger partial charge in [-0.3, -0.25) is 4.98 Å². The third-order valence-electron chi connectivity index (χ3n) is 6.11. The molecular weight excluding hydrogens is 258 g/mol. The molecule has 0 aromatic carbocycles. The quantitative estimate of drug-likeness (QED) is 0.788. The Labute approximate surface area is 125 Å². The second-order valence-corrected chi connectivity index (χ2v) is 7.44. The van der Waals surface area contributed by atoms with Gasteiger partial charge < -0.3 is 0 Å². The van der Waals surface area contributed by atoms with Gasteiger partial charge in [0.15, 0.2) is 0 Å². The largest absolute Gasteiger partial charge is 0.258 e. The first-order chi connectivity index (χ1) is 10.1. The Morgan fingerprint density at radius 1 is 1.05 bits per heavy atom. The minimum Gasteiger partial charge on any atom is -0.258 e. The van der Waals surface area contributed by atoms with Gasteiger partial charge in [-0.1, -0.05) is 0 Å². The van der Waals surface area contributed by atoms with Gasteiger partial charge in [-0.2, -0.15) is 10.5 Å². The van der Waals surface area contributed by atoms with Crippen LogP contribution in [-0.2, 0) is 5.41 Å². The first-order valence-electron chi connectivity index (χ1n) is 7.95. The van der Waals surface area contributed by atoms with E-state index in [0.29, 0.717) is 11.1 Å². The lowest BCUT2D eigenvalue weighted by Crippen LogP contribution is -2.49. The molecule has 4 bridgehead atoms. The molecule has 0 N–H and O–H groups in total. The second-order valence-electron chi connectivity index (χ2n) is 7.44. The third-order valence-corrected chi connectivity index (χ3v) is 6.11. The van der Waals surface area contributed by atoms with Gasteiger partial charge in [0.05, 0.1) is 16.8 Å². The predicted octanol–water partition coefficient (Wildman–Crippen LogP) is 3.60. The molecule has 4 saturated carbocycles. The SMILES string of the molecule is Cc1c(C#N)cnc(C23CC4CC(CC(C4)C2)C3)c1C#N.